The lowest BCUT2D eigenvalue weighted by Crippen LogP contribution is -2.32. The van der Waals surface area contributed by atoms with Crippen molar-refractivity contribution < 1.29 is 19.4 Å². The first-order valence-electron chi connectivity index (χ1n) is 7.22. The molecule has 1 fully saturated rings. The Hall–Kier alpha value is -1.88. The smallest absolute Gasteiger partial charge is 0.310 e. The summed E-state index contributed by atoms with van der Waals surface area (Å²) >= 11 is 0. The molecule has 1 aliphatic rings. The van der Waals surface area contributed by atoms with Crippen LogP contribution in [0.25, 0.3) is 0 Å². The predicted octanol–water partition coefficient (Wildman–Crippen LogP) is 2.63. The van der Waals surface area contributed by atoms with Gasteiger partial charge in [-0.15, -0.1) is 0 Å². The Balaban J connectivity index is 1.96. The molecule has 1 aromatic rings. The maximum atomic E-state index is 12.2. The van der Waals surface area contributed by atoms with E-state index in [1.54, 1.807) is 31.2 Å². The quantitative estimate of drug-likeness (QED) is 0.894. The van der Waals surface area contributed by atoms with Crippen molar-refractivity contribution in [2.24, 2.45) is 5.92 Å². The van der Waals surface area contributed by atoms with E-state index in [0.717, 1.165) is 18.4 Å². The molecule has 0 aromatic heterocycles. The van der Waals surface area contributed by atoms with Gasteiger partial charge in [0.25, 0.3) is 0 Å². The lowest BCUT2D eigenvalue weighted by molar-refractivity contribution is -0.138. The maximum absolute atomic E-state index is 12.2. The van der Waals surface area contributed by atoms with Gasteiger partial charge in [0, 0.05) is 18.2 Å². The van der Waals surface area contributed by atoms with E-state index < -0.39 is 11.9 Å². The number of benzene rings is 1. The number of carbonyl (C=O) groups is 2. The molecular weight excluding hydrogens is 270 g/mol. The fraction of sp³-hybridized carbons (Fsp3) is 0.500. The number of rotatable bonds is 4. The van der Waals surface area contributed by atoms with E-state index in [-0.39, 0.29) is 17.9 Å². The fourth-order valence-corrected chi connectivity index (χ4v) is 2.48. The maximum Gasteiger partial charge on any atom is 0.310 e. The standard InChI is InChI=1S/C16H21NO4/c1-10-9-13(7-8-21-10)15(18)17-14-5-3-12(4-6-14)11(2)16(19)20/h3-6,10-11,13H,7-9H2,1-2H3,(H,17,18)(H,19,20). The van der Waals surface area contributed by atoms with Crippen molar-refractivity contribution in [2.75, 3.05) is 11.9 Å². The summed E-state index contributed by atoms with van der Waals surface area (Å²) in [6.45, 7) is 4.23. The van der Waals surface area contributed by atoms with Crippen molar-refractivity contribution in [1.29, 1.82) is 0 Å². The van der Waals surface area contributed by atoms with Crippen LogP contribution in [0.5, 0.6) is 0 Å². The summed E-state index contributed by atoms with van der Waals surface area (Å²) in [6.07, 6.45) is 1.60. The zero-order valence-electron chi connectivity index (χ0n) is 12.3. The Labute approximate surface area is 124 Å². The van der Waals surface area contributed by atoms with Crippen LogP contribution in [0.1, 0.15) is 38.2 Å². The molecule has 3 unspecified atom stereocenters. The van der Waals surface area contributed by atoms with Gasteiger partial charge in [-0.05, 0) is 44.4 Å². The number of carboxylic acid groups (broad SMARTS) is 1. The number of aliphatic carboxylic acids is 1. The van der Waals surface area contributed by atoms with Crippen molar-refractivity contribution >= 4 is 17.6 Å². The number of ether oxygens (including phenoxy) is 1. The average Bonchev–Trinajstić information content (AvgIpc) is 2.47. The Morgan fingerprint density at radius 3 is 2.57 bits per heavy atom. The largest absolute Gasteiger partial charge is 0.481 e. The second kappa shape index (κ2) is 6.72. The zero-order chi connectivity index (χ0) is 15.4. The average molecular weight is 291 g/mol. The van der Waals surface area contributed by atoms with Crippen LogP contribution in [0.3, 0.4) is 0 Å². The molecule has 0 spiro atoms. The minimum absolute atomic E-state index is 0.00387. The number of nitrogens with one attached hydrogen (secondary N) is 1. The Kier molecular flexibility index (Phi) is 4.96. The van der Waals surface area contributed by atoms with Crippen molar-refractivity contribution in [3.05, 3.63) is 29.8 Å². The molecule has 1 aliphatic heterocycles. The highest BCUT2D eigenvalue weighted by Gasteiger charge is 2.25. The van der Waals surface area contributed by atoms with Crippen LogP contribution in [0.4, 0.5) is 5.69 Å². The minimum atomic E-state index is -0.858. The molecule has 0 saturated carbocycles. The van der Waals surface area contributed by atoms with Gasteiger partial charge >= 0.3 is 5.97 Å². The van der Waals surface area contributed by atoms with E-state index in [1.165, 1.54) is 0 Å². The number of carboxylic acids is 1. The summed E-state index contributed by atoms with van der Waals surface area (Å²) in [5.74, 6) is -1.43. The van der Waals surface area contributed by atoms with Gasteiger partial charge in [0.2, 0.25) is 5.91 Å². The molecule has 21 heavy (non-hydrogen) atoms. The SMILES string of the molecule is CC1CC(C(=O)Nc2ccc(C(C)C(=O)O)cc2)CCO1. The molecule has 1 saturated heterocycles. The fourth-order valence-electron chi connectivity index (χ4n) is 2.48. The molecule has 0 aliphatic carbocycles. The van der Waals surface area contributed by atoms with Gasteiger partial charge in [0.15, 0.2) is 0 Å². The van der Waals surface area contributed by atoms with Gasteiger partial charge < -0.3 is 15.2 Å². The summed E-state index contributed by atoms with van der Waals surface area (Å²) < 4.78 is 5.44. The third kappa shape index (κ3) is 4.04. The highest BCUT2D eigenvalue weighted by atomic mass is 16.5. The van der Waals surface area contributed by atoms with E-state index >= 15 is 0 Å². The van der Waals surface area contributed by atoms with Crippen LogP contribution in [0.2, 0.25) is 0 Å². The van der Waals surface area contributed by atoms with Gasteiger partial charge in [-0.1, -0.05) is 12.1 Å². The van der Waals surface area contributed by atoms with Crippen molar-refractivity contribution in [1.82, 2.24) is 0 Å². The highest BCUT2D eigenvalue weighted by Crippen LogP contribution is 2.23. The molecule has 1 aromatic carbocycles. The van der Waals surface area contributed by atoms with Gasteiger partial charge in [-0.3, -0.25) is 9.59 Å². The first-order chi connectivity index (χ1) is 9.97. The Morgan fingerprint density at radius 2 is 2.00 bits per heavy atom. The molecule has 0 radical (unpaired) electrons. The lowest BCUT2D eigenvalue weighted by atomic mass is 9.95. The van der Waals surface area contributed by atoms with E-state index in [4.69, 9.17) is 9.84 Å². The second-order valence-corrected chi connectivity index (χ2v) is 5.57. The third-order valence-electron chi connectivity index (χ3n) is 3.90. The molecule has 3 atom stereocenters. The van der Waals surface area contributed by atoms with E-state index in [0.29, 0.717) is 12.3 Å². The summed E-state index contributed by atoms with van der Waals surface area (Å²) in [4.78, 5) is 23.1. The van der Waals surface area contributed by atoms with E-state index in [9.17, 15) is 9.59 Å². The van der Waals surface area contributed by atoms with Crippen LogP contribution in [0, 0.1) is 5.92 Å². The van der Waals surface area contributed by atoms with E-state index in [1.807, 2.05) is 6.92 Å². The van der Waals surface area contributed by atoms with Crippen molar-refractivity contribution in [3.8, 4) is 0 Å². The molecule has 5 heteroatoms. The number of hydrogen-bond acceptors (Lipinski definition) is 3. The Morgan fingerprint density at radius 1 is 1.33 bits per heavy atom. The van der Waals surface area contributed by atoms with Crippen LogP contribution in [-0.2, 0) is 14.3 Å². The summed E-state index contributed by atoms with van der Waals surface area (Å²) in [5, 5.41) is 11.8. The second-order valence-electron chi connectivity index (χ2n) is 5.57. The number of amides is 1. The van der Waals surface area contributed by atoms with Gasteiger partial charge in [0.1, 0.15) is 0 Å². The molecular formula is C16H21NO4. The first-order valence-corrected chi connectivity index (χ1v) is 7.22. The molecule has 0 bridgehead atoms. The van der Waals surface area contributed by atoms with Crippen LogP contribution >= 0.6 is 0 Å². The molecule has 2 rings (SSSR count). The highest BCUT2D eigenvalue weighted by molar-refractivity contribution is 5.92. The van der Waals surface area contributed by atoms with Gasteiger partial charge in [-0.25, -0.2) is 0 Å². The van der Waals surface area contributed by atoms with Crippen molar-refractivity contribution in [2.45, 2.75) is 38.7 Å². The predicted molar refractivity (Wildman–Crippen MR) is 79.3 cm³/mol. The zero-order valence-corrected chi connectivity index (χ0v) is 12.3. The van der Waals surface area contributed by atoms with Crippen LogP contribution < -0.4 is 5.32 Å². The van der Waals surface area contributed by atoms with Gasteiger partial charge in [0.05, 0.1) is 12.0 Å². The molecule has 1 amide bonds. The Bertz CT molecular complexity index is 512. The monoisotopic (exact) mass is 291 g/mol. The molecule has 2 N–H and O–H groups in total. The third-order valence-corrected chi connectivity index (χ3v) is 3.90. The van der Waals surface area contributed by atoms with Crippen LogP contribution in [0.15, 0.2) is 24.3 Å². The van der Waals surface area contributed by atoms with Gasteiger partial charge in [-0.2, -0.15) is 0 Å². The lowest BCUT2D eigenvalue weighted by Gasteiger charge is -2.26. The van der Waals surface area contributed by atoms with Crippen LogP contribution in [-0.4, -0.2) is 29.7 Å². The summed E-state index contributed by atoms with van der Waals surface area (Å²) in [5.41, 5.74) is 1.42. The number of carbonyl (C=O) groups excluding carboxylic acids is 1. The molecule has 1 heterocycles. The number of hydrogen-bond donors (Lipinski definition) is 2. The normalized spacial score (nSPS) is 23.3. The summed E-state index contributed by atoms with van der Waals surface area (Å²) in [6, 6.07) is 6.97. The van der Waals surface area contributed by atoms with E-state index in [2.05, 4.69) is 5.32 Å². The minimum Gasteiger partial charge on any atom is -0.481 e. The summed E-state index contributed by atoms with van der Waals surface area (Å²) in [7, 11) is 0. The topological polar surface area (TPSA) is 75.6 Å². The number of anilines is 1. The molecule has 5 nitrogen and oxygen atoms in total. The first kappa shape index (κ1) is 15.5. The molecule has 114 valence electrons. The van der Waals surface area contributed by atoms with Crippen molar-refractivity contribution in [3.63, 3.8) is 0 Å².